The summed E-state index contributed by atoms with van der Waals surface area (Å²) >= 11 is 1.35. The molecule has 0 saturated heterocycles. The molecule has 1 aliphatic rings. The number of nitrogens with one attached hydrogen (secondary N) is 1. The quantitative estimate of drug-likeness (QED) is 0.789. The third-order valence-corrected chi connectivity index (χ3v) is 4.10. The fourth-order valence-electron chi connectivity index (χ4n) is 2.24. The van der Waals surface area contributed by atoms with E-state index in [1.807, 2.05) is 6.92 Å². The lowest BCUT2D eigenvalue weighted by atomic mass is 9.80. The summed E-state index contributed by atoms with van der Waals surface area (Å²) in [5.41, 5.74) is 0. The van der Waals surface area contributed by atoms with E-state index in [2.05, 4.69) is 22.1 Å². The van der Waals surface area contributed by atoms with Gasteiger partial charge in [0.2, 0.25) is 5.91 Å². The number of carbonyl (C=O) groups is 1. The van der Waals surface area contributed by atoms with Gasteiger partial charge >= 0.3 is 0 Å². The van der Waals surface area contributed by atoms with Crippen molar-refractivity contribution in [2.45, 2.75) is 38.7 Å². The van der Waals surface area contributed by atoms with Gasteiger partial charge in [0.15, 0.2) is 5.13 Å². The third kappa shape index (κ3) is 5.12. The lowest BCUT2D eigenvalue weighted by molar-refractivity contribution is -0.119. The van der Waals surface area contributed by atoms with Gasteiger partial charge in [-0.2, -0.15) is 0 Å². The Morgan fingerprint density at radius 1 is 1.62 bits per heavy atom. The Bertz CT molecular complexity index is 527. The molecular weight excluding hydrogens is 288 g/mol. The highest BCUT2D eigenvalue weighted by Gasteiger charge is 2.31. The van der Waals surface area contributed by atoms with Crippen LogP contribution >= 0.6 is 11.3 Å². The van der Waals surface area contributed by atoms with Crippen molar-refractivity contribution in [1.29, 1.82) is 0 Å². The Labute approximate surface area is 128 Å². The van der Waals surface area contributed by atoms with Crippen molar-refractivity contribution in [2.24, 2.45) is 5.92 Å². The molecule has 0 aliphatic heterocycles. The SMILES string of the molecule is CCOC1CC(CC(=O)Nc2ncc(C#CCCO)s2)C1. The first-order valence-electron chi connectivity index (χ1n) is 7.18. The zero-order valence-electron chi connectivity index (χ0n) is 12.1. The zero-order valence-corrected chi connectivity index (χ0v) is 12.9. The van der Waals surface area contributed by atoms with Crippen molar-refractivity contribution in [3.63, 3.8) is 0 Å². The highest BCUT2D eigenvalue weighted by atomic mass is 32.1. The number of nitrogens with zero attached hydrogens (tertiary/aromatic N) is 1. The highest BCUT2D eigenvalue weighted by molar-refractivity contribution is 7.16. The zero-order chi connectivity index (χ0) is 15.1. The number of carbonyl (C=O) groups excluding carboxylic acids is 1. The molecule has 2 N–H and O–H groups in total. The van der Waals surface area contributed by atoms with Gasteiger partial charge < -0.3 is 15.2 Å². The molecule has 0 aromatic carbocycles. The number of thiazole rings is 1. The number of anilines is 1. The summed E-state index contributed by atoms with van der Waals surface area (Å²) < 4.78 is 5.48. The first-order valence-corrected chi connectivity index (χ1v) is 8.00. The van der Waals surface area contributed by atoms with Crippen molar-refractivity contribution in [3.05, 3.63) is 11.1 Å². The number of aliphatic hydroxyl groups is 1. The van der Waals surface area contributed by atoms with Gasteiger partial charge in [-0.05, 0) is 25.7 Å². The smallest absolute Gasteiger partial charge is 0.226 e. The minimum absolute atomic E-state index is 0.000772. The molecule has 114 valence electrons. The van der Waals surface area contributed by atoms with E-state index in [4.69, 9.17) is 9.84 Å². The van der Waals surface area contributed by atoms with Crippen LogP contribution in [0.1, 0.15) is 37.5 Å². The van der Waals surface area contributed by atoms with E-state index in [1.165, 1.54) is 11.3 Å². The largest absolute Gasteiger partial charge is 0.395 e. The van der Waals surface area contributed by atoms with Crippen molar-refractivity contribution in [1.82, 2.24) is 4.98 Å². The average molecular weight is 308 g/mol. The first-order chi connectivity index (χ1) is 10.2. The highest BCUT2D eigenvalue weighted by Crippen LogP contribution is 2.33. The van der Waals surface area contributed by atoms with E-state index in [0.717, 1.165) is 24.3 Å². The van der Waals surface area contributed by atoms with E-state index < -0.39 is 0 Å². The van der Waals surface area contributed by atoms with Gasteiger partial charge in [-0.1, -0.05) is 23.2 Å². The molecule has 1 amide bonds. The van der Waals surface area contributed by atoms with Crippen LogP contribution in [-0.2, 0) is 9.53 Å². The first kappa shape index (κ1) is 16.0. The molecule has 6 heteroatoms. The van der Waals surface area contributed by atoms with Crippen LogP contribution in [0.2, 0.25) is 0 Å². The van der Waals surface area contributed by atoms with Crippen molar-refractivity contribution in [3.8, 4) is 11.8 Å². The van der Waals surface area contributed by atoms with Crippen molar-refractivity contribution < 1.29 is 14.6 Å². The molecule has 5 nitrogen and oxygen atoms in total. The van der Waals surface area contributed by atoms with Crippen LogP contribution in [0, 0.1) is 17.8 Å². The Balaban J connectivity index is 1.72. The van der Waals surface area contributed by atoms with Crippen LogP contribution in [0.15, 0.2) is 6.20 Å². The summed E-state index contributed by atoms with van der Waals surface area (Å²) in [6.45, 7) is 2.78. The summed E-state index contributed by atoms with van der Waals surface area (Å²) in [4.78, 5) is 16.8. The molecule has 1 aromatic rings. The third-order valence-electron chi connectivity index (χ3n) is 3.27. The molecule has 1 aliphatic carbocycles. The van der Waals surface area contributed by atoms with Gasteiger partial charge in [0.1, 0.15) is 0 Å². The van der Waals surface area contributed by atoms with E-state index in [-0.39, 0.29) is 12.5 Å². The molecule has 1 saturated carbocycles. The van der Waals surface area contributed by atoms with Gasteiger partial charge in [-0.3, -0.25) is 4.79 Å². The average Bonchev–Trinajstić information content (AvgIpc) is 2.84. The lowest BCUT2D eigenvalue weighted by Gasteiger charge is -2.34. The maximum absolute atomic E-state index is 11.9. The normalized spacial score (nSPS) is 20.3. The second-order valence-corrected chi connectivity index (χ2v) is 6.00. The minimum Gasteiger partial charge on any atom is -0.395 e. The Hall–Kier alpha value is -1.42. The number of aromatic nitrogens is 1. The minimum atomic E-state index is -0.000772. The van der Waals surface area contributed by atoms with E-state index in [0.29, 0.717) is 30.0 Å². The topological polar surface area (TPSA) is 71.5 Å². The molecule has 0 unspecified atom stereocenters. The van der Waals surface area contributed by atoms with Gasteiger partial charge in [-0.15, -0.1) is 0 Å². The summed E-state index contributed by atoms with van der Waals surface area (Å²) in [7, 11) is 0. The Morgan fingerprint density at radius 2 is 2.43 bits per heavy atom. The number of aliphatic hydroxyl groups excluding tert-OH is 1. The van der Waals surface area contributed by atoms with E-state index >= 15 is 0 Å². The van der Waals surface area contributed by atoms with E-state index in [1.54, 1.807) is 6.20 Å². The monoisotopic (exact) mass is 308 g/mol. The lowest BCUT2D eigenvalue weighted by Crippen LogP contribution is -2.33. The van der Waals surface area contributed by atoms with Crippen LogP contribution in [0.5, 0.6) is 0 Å². The van der Waals surface area contributed by atoms with E-state index in [9.17, 15) is 4.79 Å². The van der Waals surface area contributed by atoms with Crippen molar-refractivity contribution >= 4 is 22.4 Å². The molecule has 0 atom stereocenters. The molecule has 21 heavy (non-hydrogen) atoms. The van der Waals surface area contributed by atoms with Gasteiger partial charge in [0.25, 0.3) is 0 Å². The Morgan fingerprint density at radius 3 is 3.14 bits per heavy atom. The second kappa shape index (κ2) is 8.13. The molecule has 1 heterocycles. The fourth-order valence-corrected chi connectivity index (χ4v) is 2.95. The molecule has 1 aromatic heterocycles. The molecular formula is C15H20N2O3S. The second-order valence-electron chi connectivity index (χ2n) is 4.97. The number of ether oxygens (including phenoxy) is 1. The van der Waals surface area contributed by atoms with Crippen LogP contribution in [0.25, 0.3) is 0 Å². The summed E-state index contributed by atoms with van der Waals surface area (Å²) in [5, 5.41) is 12.0. The molecule has 1 fully saturated rings. The summed E-state index contributed by atoms with van der Waals surface area (Å²) in [6, 6.07) is 0. The van der Waals surface area contributed by atoms with Gasteiger partial charge in [0, 0.05) is 19.4 Å². The number of amides is 1. The molecule has 0 bridgehead atoms. The number of hydrogen-bond acceptors (Lipinski definition) is 5. The predicted molar refractivity (Wildman–Crippen MR) is 82.1 cm³/mol. The summed E-state index contributed by atoms with van der Waals surface area (Å²) in [6.07, 6.45) is 4.88. The fraction of sp³-hybridized carbons (Fsp3) is 0.600. The molecule has 0 radical (unpaired) electrons. The van der Waals surface area contributed by atoms with Gasteiger partial charge in [0.05, 0.1) is 23.8 Å². The van der Waals surface area contributed by atoms with Crippen LogP contribution in [-0.4, -0.2) is 35.3 Å². The van der Waals surface area contributed by atoms with Crippen molar-refractivity contribution in [2.75, 3.05) is 18.5 Å². The number of hydrogen-bond donors (Lipinski definition) is 2. The van der Waals surface area contributed by atoms with Crippen LogP contribution < -0.4 is 5.32 Å². The standard InChI is InChI=1S/C15H20N2O3S/c1-2-20-12-7-11(8-12)9-14(19)17-15-16-10-13(21-15)5-3-4-6-18/h10-12,18H,2,4,6-9H2,1H3,(H,16,17,19). The Kier molecular flexibility index (Phi) is 6.18. The molecule has 2 rings (SSSR count). The van der Waals surface area contributed by atoms with Crippen LogP contribution in [0.4, 0.5) is 5.13 Å². The number of rotatable bonds is 6. The maximum atomic E-state index is 11.9. The maximum Gasteiger partial charge on any atom is 0.226 e. The van der Waals surface area contributed by atoms with Crippen LogP contribution in [0.3, 0.4) is 0 Å². The summed E-state index contributed by atoms with van der Waals surface area (Å²) in [5.74, 6) is 6.15. The molecule has 0 spiro atoms. The predicted octanol–water partition coefficient (Wildman–Crippen LogP) is 2.02. The van der Waals surface area contributed by atoms with Gasteiger partial charge in [-0.25, -0.2) is 4.98 Å².